The van der Waals surface area contributed by atoms with E-state index in [1.807, 2.05) is 11.8 Å². The average molecular weight is 1250 g/mol. The number of benzene rings is 14. The maximum absolute atomic E-state index is 7.45. The molecule has 0 radical (unpaired) electrons. The lowest BCUT2D eigenvalue weighted by molar-refractivity contribution is 0.452. The van der Waals surface area contributed by atoms with Gasteiger partial charge in [-0.05, 0) is 159 Å². The molecule has 14 aromatic rings. The summed E-state index contributed by atoms with van der Waals surface area (Å²) < 4.78 is 7.45. The first kappa shape index (κ1) is 57.1. The van der Waals surface area contributed by atoms with Crippen LogP contribution in [-0.4, -0.2) is 0 Å². The molecule has 0 N–H and O–H groups in total. The maximum Gasteiger partial charge on any atom is 0.135 e. The maximum atomic E-state index is 7.45. The second-order valence-corrected chi connectivity index (χ2v) is 27.5. The van der Waals surface area contributed by atoms with Crippen LogP contribution in [0.25, 0.3) is 33.4 Å². The van der Waals surface area contributed by atoms with E-state index in [0.29, 0.717) is 0 Å². The minimum Gasteiger partial charge on any atom is -0.457 e. The zero-order valence-electron chi connectivity index (χ0n) is 53.5. The van der Waals surface area contributed by atoms with Crippen LogP contribution < -0.4 is 24.3 Å². The summed E-state index contributed by atoms with van der Waals surface area (Å²) in [6, 6.07) is 123. The van der Waals surface area contributed by atoms with Crippen molar-refractivity contribution in [3.63, 3.8) is 0 Å². The molecule has 0 aromatic heterocycles. The van der Waals surface area contributed by atoms with Crippen LogP contribution in [-0.2, 0) is 5.41 Å². The largest absolute Gasteiger partial charge is 0.457 e. The van der Waals surface area contributed by atoms with Crippen molar-refractivity contribution in [3.05, 3.63) is 373 Å². The molecule has 5 nitrogen and oxygen atoms in total. The molecule has 18 rings (SSSR count). The van der Waals surface area contributed by atoms with E-state index in [2.05, 4.69) is 374 Å². The molecule has 2 unspecified atom stereocenters. The first-order valence-corrected chi connectivity index (χ1v) is 34.0. The summed E-state index contributed by atoms with van der Waals surface area (Å²) in [5.74, 6) is 1.40. The van der Waals surface area contributed by atoms with Gasteiger partial charge < -0.3 is 24.3 Å². The Morgan fingerprint density at radius 2 is 0.771 bits per heavy atom. The monoisotopic (exact) mass is 1250 g/mol. The highest BCUT2D eigenvalue weighted by Crippen LogP contribution is 2.66. The Balaban J connectivity index is 0.895. The number of ether oxygens (including phenoxy) is 1. The molecule has 458 valence electrons. The lowest BCUT2D eigenvalue weighted by Gasteiger charge is -2.45. The van der Waals surface area contributed by atoms with Crippen LogP contribution in [0.4, 0.5) is 68.2 Å². The fourth-order valence-corrected chi connectivity index (χ4v) is 16.4. The fourth-order valence-electron chi connectivity index (χ4n) is 15.2. The van der Waals surface area contributed by atoms with E-state index in [1.54, 1.807) is 0 Å². The SMILES string of the molecule is CC(C)(C)c1ccc(-c2ccccc2N2c3cc4c(cc3C3c5ccccc5Oc5cc(N(c6ccc(-c7ccccc7)cc6)c6ccc(-c7ccccc7)cc6)cc2c53)C2c3ccccc3N(c3ccccc3)c3cc(N(c5ccccc5)c5ccccc5)cc(c32)S4)cc1. The Labute approximate surface area is 566 Å². The number of nitrogens with zero attached hydrogens (tertiary/aromatic N) is 4. The first-order chi connectivity index (χ1) is 47.3. The van der Waals surface area contributed by atoms with E-state index in [4.69, 9.17) is 4.74 Å². The number of rotatable bonds is 11. The topological polar surface area (TPSA) is 22.2 Å². The first-order valence-electron chi connectivity index (χ1n) is 33.2. The van der Waals surface area contributed by atoms with Gasteiger partial charge in [0.1, 0.15) is 11.5 Å². The highest BCUT2D eigenvalue weighted by molar-refractivity contribution is 7.99. The van der Waals surface area contributed by atoms with E-state index in [0.717, 1.165) is 102 Å². The molecular weight excluding hydrogens is 1190 g/mol. The molecule has 0 saturated heterocycles. The smallest absolute Gasteiger partial charge is 0.135 e. The Hall–Kier alpha value is -11.6. The standard InChI is InChI=1S/C90H66N4OS/c1-90(2,3)64-47-41-63(42-48-64)72-35-19-22-38-77(72)94-79-58-84-76(86-73-36-20-23-39-78(73)93(67-33-17-8-18-34-67)81-54-71(56-85(96-84)89(81)86)91(65-29-13-6-14-30-65)66-31-15-7-16-32-66)57-75(79)87-74-37-21-24-40-82(74)95-83-55-70(53-80(94)88(83)87)92(68-49-43-61(44-50-68)59-25-9-4-10-26-59)69-51-45-62(46-52-69)60-27-11-5-12-28-60/h4-58,86-87H,1-3H3. The van der Waals surface area contributed by atoms with Gasteiger partial charge in [-0.3, -0.25) is 0 Å². The van der Waals surface area contributed by atoms with Crippen molar-refractivity contribution < 1.29 is 4.74 Å². The molecule has 4 aliphatic rings. The number of anilines is 12. The molecule has 96 heavy (non-hydrogen) atoms. The lowest BCUT2D eigenvalue weighted by atomic mass is 9.74. The van der Waals surface area contributed by atoms with Gasteiger partial charge in [0.05, 0.1) is 34.1 Å². The zero-order chi connectivity index (χ0) is 64.0. The van der Waals surface area contributed by atoms with Crippen LogP contribution in [0.2, 0.25) is 0 Å². The second kappa shape index (κ2) is 23.2. The van der Waals surface area contributed by atoms with E-state index in [1.165, 1.54) is 60.1 Å². The minimum atomic E-state index is -0.189. The molecule has 0 spiro atoms. The average Bonchev–Trinajstić information content (AvgIpc) is 0.694. The van der Waals surface area contributed by atoms with Crippen molar-refractivity contribution in [1.82, 2.24) is 0 Å². The van der Waals surface area contributed by atoms with Crippen molar-refractivity contribution in [2.24, 2.45) is 0 Å². The van der Waals surface area contributed by atoms with Gasteiger partial charge >= 0.3 is 0 Å². The van der Waals surface area contributed by atoms with Crippen LogP contribution in [0.3, 0.4) is 0 Å². The molecule has 0 aliphatic carbocycles. The molecule has 14 aromatic carbocycles. The zero-order valence-corrected chi connectivity index (χ0v) is 54.3. The van der Waals surface area contributed by atoms with Crippen LogP contribution in [0.5, 0.6) is 11.5 Å². The number of para-hydroxylation sites is 6. The van der Waals surface area contributed by atoms with Gasteiger partial charge in [0.25, 0.3) is 0 Å². The van der Waals surface area contributed by atoms with Crippen molar-refractivity contribution in [1.29, 1.82) is 0 Å². The normalized spacial score (nSPS) is 14.4. The van der Waals surface area contributed by atoms with E-state index < -0.39 is 0 Å². The van der Waals surface area contributed by atoms with E-state index in [-0.39, 0.29) is 17.3 Å². The highest BCUT2D eigenvalue weighted by atomic mass is 32.2. The summed E-state index contributed by atoms with van der Waals surface area (Å²) in [6.45, 7) is 6.87. The Morgan fingerprint density at radius 3 is 1.38 bits per heavy atom. The van der Waals surface area contributed by atoms with Gasteiger partial charge in [-0.2, -0.15) is 0 Å². The molecular formula is C90H66N4OS. The van der Waals surface area contributed by atoms with Crippen LogP contribution in [0, 0.1) is 0 Å². The quantitative estimate of drug-likeness (QED) is 0.128. The van der Waals surface area contributed by atoms with Crippen molar-refractivity contribution in [3.8, 4) is 44.9 Å². The lowest BCUT2D eigenvalue weighted by Crippen LogP contribution is -2.28. The molecule has 0 saturated carbocycles. The van der Waals surface area contributed by atoms with Gasteiger partial charge in [-0.25, -0.2) is 0 Å². The predicted octanol–water partition coefficient (Wildman–Crippen LogP) is 25.4. The molecule has 0 amide bonds. The van der Waals surface area contributed by atoms with Gasteiger partial charge in [0.15, 0.2) is 0 Å². The summed E-state index contributed by atoms with van der Waals surface area (Å²) >= 11 is 1.90. The van der Waals surface area contributed by atoms with Gasteiger partial charge in [0, 0.05) is 84.1 Å². The van der Waals surface area contributed by atoms with Gasteiger partial charge in [-0.15, -0.1) is 0 Å². The summed E-state index contributed by atoms with van der Waals surface area (Å²) in [7, 11) is 0. The number of hydrogen-bond acceptors (Lipinski definition) is 6. The molecule has 0 fully saturated rings. The number of hydrogen-bond donors (Lipinski definition) is 0. The van der Waals surface area contributed by atoms with Gasteiger partial charge in [0.2, 0.25) is 0 Å². The van der Waals surface area contributed by atoms with Crippen molar-refractivity contribution in [2.45, 2.75) is 47.8 Å². The van der Waals surface area contributed by atoms with E-state index in [9.17, 15) is 0 Å². The molecule has 6 heteroatoms. The highest BCUT2D eigenvalue weighted by Gasteiger charge is 2.45. The third-order valence-corrected chi connectivity index (χ3v) is 20.8. The molecule has 4 aliphatic heterocycles. The summed E-state index contributed by atoms with van der Waals surface area (Å²) in [5.41, 5.74) is 28.7. The summed E-state index contributed by atoms with van der Waals surface area (Å²) in [4.78, 5) is 12.4. The van der Waals surface area contributed by atoms with Crippen LogP contribution >= 0.6 is 11.8 Å². The van der Waals surface area contributed by atoms with Crippen LogP contribution in [0.15, 0.2) is 343 Å². The molecule has 2 atom stereocenters. The summed E-state index contributed by atoms with van der Waals surface area (Å²) in [6.07, 6.45) is 0. The Morgan fingerprint density at radius 1 is 0.302 bits per heavy atom. The third-order valence-electron chi connectivity index (χ3n) is 19.7. The second-order valence-electron chi connectivity index (χ2n) is 26.4. The Kier molecular flexibility index (Phi) is 13.8. The number of fused-ring (bicyclic) bond motifs is 8. The Bertz CT molecular complexity index is 5150. The van der Waals surface area contributed by atoms with Crippen molar-refractivity contribution >= 4 is 80.0 Å². The minimum absolute atomic E-state index is 0.0127. The predicted molar refractivity (Wildman–Crippen MR) is 399 cm³/mol. The summed E-state index contributed by atoms with van der Waals surface area (Å²) in [5, 5.41) is 0. The molecule has 4 heterocycles. The third kappa shape index (κ3) is 9.70. The molecule has 0 bridgehead atoms. The fraction of sp³-hybridized carbons (Fsp3) is 0.0667. The van der Waals surface area contributed by atoms with E-state index >= 15 is 0 Å². The van der Waals surface area contributed by atoms with Crippen molar-refractivity contribution in [2.75, 3.05) is 19.6 Å². The van der Waals surface area contributed by atoms with Gasteiger partial charge in [-0.1, -0.05) is 257 Å². The van der Waals surface area contributed by atoms with Crippen LogP contribution in [0.1, 0.15) is 71.6 Å².